The highest BCUT2D eigenvalue weighted by molar-refractivity contribution is 6.01. The third-order valence-corrected chi connectivity index (χ3v) is 5.19. The van der Waals surface area contributed by atoms with Gasteiger partial charge in [0, 0.05) is 11.8 Å². The van der Waals surface area contributed by atoms with Crippen LogP contribution in [0.25, 0.3) is 27.7 Å². The van der Waals surface area contributed by atoms with Crippen molar-refractivity contribution in [3.8, 4) is 16.9 Å². The zero-order valence-corrected chi connectivity index (χ0v) is 16.7. The van der Waals surface area contributed by atoms with E-state index in [1.807, 2.05) is 37.4 Å². The molecule has 1 aliphatic carbocycles. The van der Waals surface area contributed by atoms with Gasteiger partial charge in [-0.1, -0.05) is 54.6 Å². The summed E-state index contributed by atoms with van der Waals surface area (Å²) in [5.74, 6) is 1.55. The summed E-state index contributed by atoms with van der Waals surface area (Å²) in [5.41, 5.74) is 6.23. The highest BCUT2D eigenvalue weighted by Gasteiger charge is 2.16. The molecule has 0 amide bonds. The highest BCUT2D eigenvalue weighted by atomic mass is 16.5. The van der Waals surface area contributed by atoms with E-state index >= 15 is 0 Å². The molecule has 0 atom stereocenters. The molecule has 0 aliphatic heterocycles. The average molecular weight is 394 g/mol. The zero-order valence-electron chi connectivity index (χ0n) is 16.7. The minimum Gasteiger partial charge on any atom is -0.492 e. The lowest BCUT2D eigenvalue weighted by molar-refractivity contribution is 0.342. The molecule has 30 heavy (non-hydrogen) atoms. The van der Waals surface area contributed by atoms with Crippen molar-refractivity contribution in [1.82, 2.24) is 15.0 Å². The van der Waals surface area contributed by atoms with Crippen LogP contribution in [0.2, 0.25) is 0 Å². The Kier molecular flexibility index (Phi) is 4.77. The van der Waals surface area contributed by atoms with Gasteiger partial charge in [-0.15, -0.1) is 0 Å². The second kappa shape index (κ2) is 7.87. The van der Waals surface area contributed by atoms with E-state index in [1.165, 1.54) is 5.57 Å². The summed E-state index contributed by atoms with van der Waals surface area (Å²) in [4.78, 5) is 12.2. The van der Waals surface area contributed by atoms with Crippen LogP contribution in [-0.2, 0) is 0 Å². The predicted molar refractivity (Wildman–Crippen MR) is 122 cm³/mol. The Morgan fingerprint density at radius 3 is 2.77 bits per heavy atom. The van der Waals surface area contributed by atoms with Crippen molar-refractivity contribution in [1.29, 1.82) is 0 Å². The van der Waals surface area contributed by atoms with E-state index in [1.54, 1.807) is 6.33 Å². The number of nitrogens with zero attached hydrogens (tertiary/aromatic N) is 2. The van der Waals surface area contributed by atoms with E-state index in [0.29, 0.717) is 6.61 Å². The summed E-state index contributed by atoms with van der Waals surface area (Å²) in [7, 11) is 0. The van der Waals surface area contributed by atoms with Crippen molar-refractivity contribution in [2.75, 3.05) is 11.9 Å². The largest absolute Gasteiger partial charge is 0.492 e. The fourth-order valence-corrected chi connectivity index (χ4v) is 3.79. The lowest BCUT2D eigenvalue weighted by Gasteiger charge is -2.15. The first kappa shape index (κ1) is 18.2. The van der Waals surface area contributed by atoms with E-state index in [-0.39, 0.29) is 0 Å². The van der Waals surface area contributed by atoms with Gasteiger partial charge in [0.2, 0.25) is 0 Å². The van der Waals surface area contributed by atoms with Crippen LogP contribution in [0.4, 0.5) is 11.5 Å². The van der Waals surface area contributed by atoms with Crippen LogP contribution in [-0.4, -0.2) is 21.6 Å². The quantitative estimate of drug-likeness (QED) is 0.414. The van der Waals surface area contributed by atoms with Gasteiger partial charge in [0.1, 0.15) is 23.5 Å². The number of benzene rings is 2. The van der Waals surface area contributed by atoms with Crippen LogP contribution in [0.1, 0.15) is 18.9 Å². The standard InChI is InChI=1S/C25H22N4O/c1-2-30-22-13-12-19(17-8-4-3-5-9-17)14-21(22)29-25-23-20(18-10-6-7-11-18)15-26-24(23)27-16-28-25/h3-6,8-16H,2,7H2,1H3,(H2,26,27,28,29). The molecule has 5 nitrogen and oxygen atoms in total. The van der Waals surface area contributed by atoms with Gasteiger partial charge in [-0.2, -0.15) is 0 Å². The first-order valence-corrected chi connectivity index (χ1v) is 10.1. The molecule has 1 aliphatic rings. The minimum atomic E-state index is 0.589. The molecule has 2 aromatic carbocycles. The Labute approximate surface area is 175 Å². The molecule has 4 aromatic rings. The second-order valence-electron chi connectivity index (χ2n) is 7.08. The molecule has 0 radical (unpaired) electrons. The highest BCUT2D eigenvalue weighted by Crippen LogP contribution is 2.36. The summed E-state index contributed by atoms with van der Waals surface area (Å²) in [6.45, 7) is 2.58. The van der Waals surface area contributed by atoms with E-state index < -0.39 is 0 Å². The molecule has 0 bridgehead atoms. The number of H-pyrrole nitrogens is 1. The van der Waals surface area contributed by atoms with Crippen molar-refractivity contribution >= 4 is 28.1 Å². The number of ether oxygens (including phenoxy) is 1. The number of fused-ring (bicyclic) bond motifs is 1. The molecule has 0 saturated carbocycles. The van der Waals surface area contributed by atoms with Crippen molar-refractivity contribution < 1.29 is 4.74 Å². The van der Waals surface area contributed by atoms with Gasteiger partial charge in [-0.3, -0.25) is 0 Å². The smallest absolute Gasteiger partial charge is 0.144 e. The number of aromatic amines is 1. The van der Waals surface area contributed by atoms with Gasteiger partial charge < -0.3 is 15.0 Å². The monoisotopic (exact) mass is 394 g/mol. The number of rotatable bonds is 6. The summed E-state index contributed by atoms with van der Waals surface area (Å²) >= 11 is 0. The Morgan fingerprint density at radius 2 is 1.97 bits per heavy atom. The Bertz CT molecular complexity index is 1250. The van der Waals surface area contributed by atoms with Crippen LogP contribution >= 0.6 is 0 Å². The number of nitrogens with one attached hydrogen (secondary N) is 2. The third kappa shape index (κ3) is 3.35. The van der Waals surface area contributed by atoms with Crippen molar-refractivity contribution in [2.24, 2.45) is 0 Å². The number of anilines is 2. The Hall–Kier alpha value is -3.86. The summed E-state index contributed by atoms with van der Waals surface area (Å²) in [5, 5.41) is 4.49. The molecular weight excluding hydrogens is 372 g/mol. The van der Waals surface area contributed by atoms with Crippen LogP contribution in [0, 0.1) is 0 Å². The number of aromatic nitrogens is 3. The maximum absolute atomic E-state index is 5.89. The van der Waals surface area contributed by atoms with Crippen molar-refractivity contribution in [3.05, 3.63) is 84.8 Å². The van der Waals surface area contributed by atoms with Crippen molar-refractivity contribution in [2.45, 2.75) is 13.3 Å². The average Bonchev–Trinajstić information content (AvgIpc) is 3.46. The molecule has 148 valence electrons. The molecule has 0 spiro atoms. The number of allylic oxidation sites excluding steroid dienone is 4. The van der Waals surface area contributed by atoms with E-state index in [2.05, 4.69) is 62.8 Å². The van der Waals surface area contributed by atoms with E-state index in [4.69, 9.17) is 4.74 Å². The van der Waals surface area contributed by atoms with Crippen LogP contribution < -0.4 is 10.1 Å². The predicted octanol–water partition coefficient (Wildman–Crippen LogP) is 6.11. The molecule has 0 saturated heterocycles. The fraction of sp³-hybridized carbons (Fsp3) is 0.120. The second-order valence-corrected chi connectivity index (χ2v) is 7.08. The molecule has 0 unspecified atom stereocenters. The molecule has 2 heterocycles. The normalized spacial score (nSPS) is 12.9. The van der Waals surface area contributed by atoms with Gasteiger partial charge in [-0.05, 0) is 42.2 Å². The lowest BCUT2D eigenvalue weighted by Crippen LogP contribution is -2.01. The van der Waals surface area contributed by atoms with Gasteiger partial charge in [0.15, 0.2) is 0 Å². The summed E-state index contributed by atoms with van der Waals surface area (Å²) in [6.07, 6.45) is 11.0. The minimum absolute atomic E-state index is 0.589. The zero-order chi connectivity index (χ0) is 20.3. The van der Waals surface area contributed by atoms with Gasteiger partial charge >= 0.3 is 0 Å². The number of hydrogen-bond donors (Lipinski definition) is 2. The molecule has 2 aromatic heterocycles. The maximum Gasteiger partial charge on any atom is 0.144 e. The maximum atomic E-state index is 5.89. The summed E-state index contributed by atoms with van der Waals surface area (Å²) < 4.78 is 5.89. The first-order chi connectivity index (χ1) is 14.8. The van der Waals surface area contributed by atoms with Crippen LogP contribution in [0.5, 0.6) is 5.75 Å². The Morgan fingerprint density at radius 1 is 1.07 bits per heavy atom. The lowest BCUT2D eigenvalue weighted by atomic mass is 10.0. The summed E-state index contributed by atoms with van der Waals surface area (Å²) in [6, 6.07) is 16.5. The van der Waals surface area contributed by atoms with E-state index in [9.17, 15) is 0 Å². The third-order valence-electron chi connectivity index (χ3n) is 5.19. The molecule has 5 rings (SSSR count). The molecule has 2 N–H and O–H groups in total. The molecule has 0 fully saturated rings. The number of hydrogen-bond acceptors (Lipinski definition) is 4. The molecular formula is C25H22N4O. The van der Waals surface area contributed by atoms with Crippen LogP contribution in [0.15, 0.2) is 79.3 Å². The molecule has 5 heteroatoms. The topological polar surface area (TPSA) is 62.8 Å². The first-order valence-electron chi connectivity index (χ1n) is 10.1. The SMILES string of the molecule is CCOc1ccc(-c2ccccc2)cc1Nc1ncnc2[nH]cc(C3=CCC=C3)c12. The van der Waals surface area contributed by atoms with Gasteiger partial charge in [0.25, 0.3) is 0 Å². The van der Waals surface area contributed by atoms with Gasteiger partial charge in [0.05, 0.1) is 17.7 Å². The fourth-order valence-electron chi connectivity index (χ4n) is 3.79. The van der Waals surface area contributed by atoms with E-state index in [0.717, 1.165) is 51.4 Å². The van der Waals surface area contributed by atoms with Crippen LogP contribution in [0.3, 0.4) is 0 Å². The van der Waals surface area contributed by atoms with Gasteiger partial charge in [-0.25, -0.2) is 9.97 Å². The van der Waals surface area contributed by atoms with Crippen molar-refractivity contribution in [3.63, 3.8) is 0 Å². The Balaban J connectivity index is 1.60.